The molecule has 0 saturated carbocycles. The van der Waals surface area contributed by atoms with Crippen LogP contribution in [0.3, 0.4) is 0 Å². The van der Waals surface area contributed by atoms with E-state index in [0.29, 0.717) is 19.1 Å². The number of benzene rings is 1. The van der Waals surface area contributed by atoms with E-state index in [1.54, 1.807) is 0 Å². The Balaban J connectivity index is 0.00000625. The minimum atomic E-state index is -0.593. The van der Waals surface area contributed by atoms with Gasteiger partial charge in [-0.3, -0.25) is 9.59 Å². The van der Waals surface area contributed by atoms with Gasteiger partial charge in [-0.25, -0.2) is 0 Å². The van der Waals surface area contributed by atoms with Crippen LogP contribution < -0.4 is 21.1 Å². The van der Waals surface area contributed by atoms with Gasteiger partial charge in [0.2, 0.25) is 11.8 Å². The van der Waals surface area contributed by atoms with Gasteiger partial charge < -0.3 is 21.1 Å². The van der Waals surface area contributed by atoms with E-state index in [1.165, 1.54) is 0 Å². The van der Waals surface area contributed by atoms with Crippen molar-refractivity contribution in [1.82, 2.24) is 10.6 Å². The Bertz CT molecular complexity index is 547. The standard InChI is InChI=1S/C19H31N3O3.ClH/c1-13(2)12-25-16-7-5-15(6-8-16)9-10-21-17(23)11-22-19(24)18(20)14(3)4;/h5-8,13-14,18H,9-12,20H2,1-4H3,(H,21,23)(H,22,24);1H/t18-;/m0./s1. The molecule has 0 aromatic heterocycles. The number of rotatable bonds is 10. The molecule has 0 saturated heterocycles. The van der Waals surface area contributed by atoms with Gasteiger partial charge in [-0.1, -0.05) is 39.8 Å². The van der Waals surface area contributed by atoms with Gasteiger partial charge in [-0.2, -0.15) is 0 Å². The minimum absolute atomic E-state index is 0. The Morgan fingerprint density at radius 2 is 1.69 bits per heavy atom. The summed E-state index contributed by atoms with van der Waals surface area (Å²) in [5.41, 5.74) is 6.83. The molecule has 0 unspecified atom stereocenters. The Labute approximate surface area is 162 Å². The normalized spacial score (nSPS) is 11.7. The lowest BCUT2D eigenvalue weighted by Gasteiger charge is -2.15. The molecule has 0 aliphatic heterocycles. The fraction of sp³-hybridized carbons (Fsp3) is 0.579. The summed E-state index contributed by atoms with van der Waals surface area (Å²) in [5, 5.41) is 5.33. The molecular formula is C19H32ClN3O3. The number of nitrogens with one attached hydrogen (secondary N) is 2. The quantitative estimate of drug-likeness (QED) is 0.573. The lowest BCUT2D eigenvalue weighted by molar-refractivity contribution is -0.127. The highest BCUT2D eigenvalue weighted by Crippen LogP contribution is 2.13. The zero-order valence-electron chi connectivity index (χ0n) is 16.1. The lowest BCUT2D eigenvalue weighted by atomic mass is 10.1. The first-order chi connectivity index (χ1) is 11.8. The molecule has 1 aromatic rings. The smallest absolute Gasteiger partial charge is 0.239 e. The van der Waals surface area contributed by atoms with Crippen LogP contribution in [0.15, 0.2) is 24.3 Å². The van der Waals surface area contributed by atoms with Gasteiger partial charge in [0.1, 0.15) is 5.75 Å². The van der Waals surface area contributed by atoms with Crippen molar-refractivity contribution in [1.29, 1.82) is 0 Å². The van der Waals surface area contributed by atoms with Crippen LogP contribution in [0.5, 0.6) is 5.75 Å². The molecule has 1 aromatic carbocycles. The Hall–Kier alpha value is -1.79. The second-order valence-electron chi connectivity index (χ2n) is 6.94. The van der Waals surface area contributed by atoms with Crippen LogP contribution >= 0.6 is 12.4 Å². The van der Waals surface area contributed by atoms with Crippen molar-refractivity contribution in [2.45, 2.75) is 40.2 Å². The van der Waals surface area contributed by atoms with E-state index < -0.39 is 6.04 Å². The number of nitrogens with two attached hydrogens (primary N) is 1. The largest absolute Gasteiger partial charge is 0.493 e. The summed E-state index contributed by atoms with van der Waals surface area (Å²) in [6.45, 7) is 9.10. The first-order valence-corrected chi connectivity index (χ1v) is 8.81. The Morgan fingerprint density at radius 1 is 1.08 bits per heavy atom. The summed E-state index contributed by atoms with van der Waals surface area (Å²) in [6, 6.07) is 7.26. The summed E-state index contributed by atoms with van der Waals surface area (Å²) < 4.78 is 5.64. The minimum Gasteiger partial charge on any atom is -0.493 e. The van der Waals surface area contributed by atoms with Crippen LogP contribution in [0, 0.1) is 11.8 Å². The molecule has 26 heavy (non-hydrogen) atoms. The highest BCUT2D eigenvalue weighted by molar-refractivity contribution is 5.87. The molecule has 4 N–H and O–H groups in total. The molecule has 6 nitrogen and oxygen atoms in total. The molecule has 0 radical (unpaired) electrons. The second kappa shape index (κ2) is 12.5. The van der Waals surface area contributed by atoms with Crippen molar-refractivity contribution in [2.75, 3.05) is 19.7 Å². The van der Waals surface area contributed by atoms with E-state index in [2.05, 4.69) is 24.5 Å². The number of carbonyl (C=O) groups is 2. The maximum atomic E-state index is 11.7. The zero-order valence-corrected chi connectivity index (χ0v) is 16.9. The van der Waals surface area contributed by atoms with E-state index in [9.17, 15) is 9.59 Å². The van der Waals surface area contributed by atoms with Crippen LogP contribution in [0.2, 0.25) is 0 Å². The van der Waals surface area contributed by atoms with E-state index in [0.717, 1.165) is 17.7 Å². The van der Waals surface area contributed by atoms with Gasteiger partial charge in [-0.05, 0) is 36.0 Å². The predicted octanol–water partition coefficient (Wildman–Crippen LogP) is 1.90. The van der Waals surface area contributed by atoms with E-state index in [4.69, 9.17) is 10.5 Å². The van der Waals surface area contributed by atoms with Gasteiger partial charge in [0.15, 0.2) is 0 Å². The molecular weight excluding hydrogens is 354 g/mol. The van der Waals surface area contributed by atoms with Crippen LogP contribution in [-0.2, 0) is 16.0 Å². The van der Waals surface area contributed by atoms with Gasteiger partial charge in [-0.15, -0.1) is 12.4 Å². The predicted molar refractivity (Wildman–Crippen MR) is 107 cm³/mol. The highest BCUT2D eigenvalue weighted by Gasteiger charge is 2.17. The molecule has 0 aliphatic carbocycles. The first-order valence-electron chi connectivity index (χ1n) is 8.81. The highest BCUT2D eigenvalue weighted by atomic mass is 35.5. The summed E-state index contributed by atoms with van der Waals surface area (Å²) in [6.07, 6.45) is 0.718. The third kappa shape index (κ3) is 9.63. The molecule has 0 bridgehead atoms. The summed E-state index contributed by atoms with van der Waals surface area (Å²) in [5.74, 6) is 0.857. The lowest BCUT2D eigenvalue weighted by Crippen LogP contribution is -2.47. The summed E-state index contributed by atoms with van der Waals surface area (Å²) in [4.78, 5) is 23.4. The monoisotopic (exact) mass is 385 g/mol. The number of halogens is 1. The average Bonchev–Trinajstić information content (AvgIpc) is 2.58. The van der Waals surface area contributed by atoms with Crippen LogP contribution in [-0.4, -0.2) is 37.6 Å². The van der Waals surface area contributed by atoms with Crippen LogP contribution in [0.25, 0.3) is 0 Å². The number of hydrogen-bond acceptors (Lipinski definition) is 4. The van der Waals surface area contributed by atoms with Gasteiger partial charge in [0, 0.05) is 6.54 Å². The zero-order chi connectivity index (χ0) is 18.8. The van der Waals surface area contributed by atoms with Crippen molar-refractivity contribution < 1.29 is 14.3 Å². The fourth-order valence-corrected chi connectivity index (χ4v) is 2.01. The Kier molecular flexibility index (Phi) is 11.7. The molecule has 0 spiro atoms. The van der Waals surface area contributed by atoms with Gasteiger partial charge in [0.05, 0.1) is 19.2 Å². The summed E-state index contributed by atoms with van der Waals surface area (Å²) >= 11 is 0. The van der Waals surface area contributed by atoms with Crippen molar-refractivity contribution in [3.05, 3.63) is 29.8 Å². The van der Waals surface area contributed by atoms with E-state index >= 15 is 0 Å². The summed E-state index contributed by atoms with van der Waals surface area (Å²) in [7, 11) is 0. The molecule has 0 aliphatic rings. The SMILES string of the molecule is CC(C)COc1ccc(CCNC(=O)CNC(=O)[C@@H](N)C(C)C)cc1.Cl. The molecule has 1 atom stereocenters. The maximum Gasteiger partial charge on any atom is 0.239 e. The number of ether oxygens (including phenoxy) is 1. The number of amides is 2. The maximum absolute atomic E-state index is 11.7. The van der Waals surface area contributed by atoms with Crippen molar-refractivity contribution in [3.8, 4) is 5.75 Å². The van der Waals surface area contributed by atoms with Crippen molar-refractivity contribution in [2.24, 2.45) is 17.6 Å². The van der Waals surface area contributed by atoms with Gasteiger partial charge in [0.25, 0.3) is 0 Å². The molecule has 1 rings (SSSR count). The molecule has 0 fully saturated rings. The van der Waals surface area contributed by atoms with Crippen molar-refractivity contribution >= 4 is 24.2 Å². The molecule has 148 valence electrons. The third-order valence-corrected chi connectivity index (χ3v) is 3.69. The third-order valence-electron chi connectivity index (χ3n) is 3.69. The van der Waals surface area contributed by atoms with Gasteiger partial charge >= 0.3 is 0 Å². The average molecular weight is 386 g/mol. The van der Waals surface area contributed by atoms with E-state index in [-0.39, 0.29) is 36.7 Å². The molecule has 0 heterocycles. The van der Waals surface area contributed by atoms with Crippen LogP contribution in [0.1, 0.15) is 33.3 Å². The first kappa shape index (κ1) is 24.2. The molecule has 7 heteroatoms. The number of hydrogen-bond donors (Lipinski definition) is 3. The van der Waals surface area contributed by atoms with Crippen molar-refractivity contribution in [3.63, 3.8) is 0 Å². The Morgan fingerprint density at radius 3 is 2.23 bits per heavy atom. The molecule has 2 amide bonds. The topological polar surface area (TPSA) is 93.5 Å². The fourth-order valence-electron chi connectivity index (χ4n) is 2.01. The number of carbonyl (C=O) groups excluding carboxylic acids is 2. The second-order valence-corrected chi connectivity index (χ2v) is 6.94. The van der Waals surface area contributed by atoms with E-state index in [1.807, 2.05) is 38.1 Å². The van der Waals surface area contributed by atoms with Crippen LogP contribution in [0.4, 0.5) is 0 Å².